The Morgan fingerprint density at radius 2 is 1.57 bits per heavy atom. The van der Waals surface area contributed by atoms with E-state index in [9.17, 15) is 9.18 Å². The van der Waals surface area contributed by atoms with Gasteiger partial charge in [-0.05, 0) is 47.0 Å². The summed E-state index contributed by atoms with van der Waals surface area (Å²) in [6, 6.07) is 28.5. The lowest BCUT2D eigenvalue weighted by Gasteiger charge is -2.09. The molecule has 5 rings (SSSR count). The van der Waals surface area contributed by atoms with Gasteiger partial charge in [-0.1, -0.05) is 60.7 Å². The van der Waals surface area contributed by atoms with Crippen LogP contribution in [0.2, 0.25) is 0 Å². The molecule has 4 aromatic carbocycles. The Morgan fingerprint density at radius 3 is 2.30 bits per heavy atom. The Hall–Kier alpha value is -3.92. The van der Waals surface area contributed by atoms with E-state index < -0.39 is 5.91 Å². The van der Waals surface area contributed by atoms with Crippen molar-refractivity contribution in [2.24, 2.45) is 5.73 Å². The normalized spacial score (nSPS) is 11.2. The third kappa shape index (κ3) is 3.03. The quantitative estimate of drug-likeness (QED) is 0.415. The molecule has 4 heteroatoms. The molecule has 1 amide bonds. The number of fused-ring (bicyclic) bond motifs is 3. The van der Waals surface area contributed by atoms with Crippen LogP contribution in [0.3, 0.4) is 0 Å². The second-order valence-corrected chi connectivity index (χ2v) is 7.37. The molecule has 30 heavy (non-hydrogen) atoms. The predicted molar refractivity (Wildman–Crippen MR) is 119 cm³/mol. The number of halogens is 1. The summed E-state index contributed by atoms with van der Waals surface area (Å²) in [5.74, 6) is -0.711. The molecule has 2 N–H and O–H groups in total. The van der Waals surface area contributed by atoms with E-state index in [1.807, 2.05) is 36.4 Å². The second-order valence-electron chi connectivity index (χ2n) is 7.37. The first-order valence-corrected chi connectivity index (χ1v) is 9.76. The number of carbonyl (C=O) groups is 1. The molecule has 0 saturated heterocycles. The van der Waals surface area contributed by atoms with Crippen molar-refractivity contribution in [1.29, 1.82) is 0 Å². The van der Waals surface area contributed by atoms with Crippen LogP contribution >= 0.6 is 0 Å². The van der Waals surface area contributed by atoms with Gasteiger partial charge in [0.2, 0.25) is 5.91 Å². The molecule has 1 aromatic heterocycles. The Bertz CT molecular complexity index is 1390. The second kappa shape index (κ2) is 7.16. The highest BCUT2D eigenvalue weighted by molar-refractivity contribution is 6.18. The summed E-state index contributed by atoms with van der Waals surface area (Å²) in [5, 5.41) is 1.82. The van der Waals surface area contributed by atoms with E-state index in [0.717, 1.165) is 38.5 Å². The molecule has 1 heterocycles. The zero-order valence-electron chi connectivity index (χ0n) is 16.2. The Morgan fingerprint density at radius 1 is 0.800 bits per heavy atom. The number of nitrogens with zero attached hydrogens (tertiary/aromatic N) is 1. The molecule has 0 radical (unpaired) electrons. The summed E-state index contributed by atoms with van der Waals surface area (Å²) in [6.45, 7) is 0.556. The van der Waals surface area contributed by atoms with Crippen LogP contribution in [0.5, 0.6) is 0 Å². The average Bonchev–Trinajstić information content (AvgIpc) is 3.09. The van der Waals surface area contributed by atoms with Gasteiger partial charge >= 0.3 is 0 Å². The first-order valence-electron chi connectivity index (χ1n) is 9.76. The van der Waals surface area contributed by atoms with E-state index >= 15 is 0 Å². The SMILES string of the molecule is NC(=O)c1cccc2c1c1ccc(-c3ccccc3)cc1n2Cc1ccc(F)cc1. The molecular formula is C26H19FN2O. The van der Waals surface area contributed by atoms with Gasteiger partial charge in [-0.15, -0.1) is 0 Å². The van der Waals surface area contributed by atoms with Crippen LogP contribution in [-0.2, 0) is 6.54 Å². The third-order valence-electron chi connectivity index (χ3n) is 5.52. The van der Waals surface area contributed by atoms with Crippen LogP contribution in [0.15, 0.2) is 91.0 Å². The Kier molecular flexibility index (Phi) is 4.32. The zero-order valence-corrected chi connectivity index (χ0v) is 16.2. The van der Waals surface area contributed by atoms with Gasteiger partial charge in [0.1, 0.15) is 5.82 Å². The summed E-state index contributed by atoms with van der Waals surface area (Å²) in [5.41, 5.74) is 11.3. The number of hydrogen-bond acceptors (Lipinski definition) is 1. The van der Waals surface area contributed by atoms with E-state index in [4.69, 9.17) is 5.73 Å². The fourth-order valence-electron chi connectivity index (χ4n) is 4.10. The molecule has 0 aliphatic carbocycles. The van der Waals surface area contributed by atoms with E-state index in [1.165, 1.54) is 12.1 Å². The maximum atomic E-state index is 13.4. The maximum Gasteiger partial charge on any atom is 0.249 e. The fourth-order valence-corrected chi connectivity index (χ4v) is 4.10. The molecule has 3 nitrogen and oxygen atoms in total. The van der Waals surface area contributed by atoms with Crippen molar-refractivity contribution >= 4 is 27.7 Å². The van der Waals surface area contributed by atoms with Crippen LogP contribution in [-0.4, -0.2) is 10.5 Å². The van der Waals surface area contributed by atoms with E-state index in [1.54, 1.807) is 18.2 Å². The number of amides is 1. The van der Waals surface area contributed by atoms with Gasteiger partial charge in [-0.25, -0.2) is 4.39 Å². The summed E-state index contributed by atoms with van der Waals surface area (Å²) < 4.78 is 15.6. The lowest BCUT2D eigenvalue weighted by atomic mass is 10.0. The average molecular weight is 394 g/mol. The first-order chi connectivity index (χ1) is 14.6. The molecule has 0 bridgehead atoms. The van der Waals surface area contributed by atoms with Crippen molar-refractivity contribution < 1.29 is 9.18 Å². The topological polar surface area (TPSA) is 48.0 Å². The van der Waals surface area contributed by atoms with Crippen molar-refractivity contribution in [2.45, 2.75) is 6.54 Å². The fraction of sp³-hybridized carbons (Fsp3) is 0.0385. The van der Waals surface area contributed by atoms with Crippen LogP contribution < -0.4 is 5.73 Å². The number of nitrogens with two attached hydrogens (primary N) is 1. The third-order valence-corrected chi connectivity index (χ3v) is 5.52. The van der Waals surface area contributed by atoms with E-state index in [-0.39, 0.29) is 5.82 Å². The lowest BCUT2D eigenvalue weighted by Crippen LogP contribution is -2.11. The minimum Gasteiger partial charge on any atom is -0.366 e. The number of rotatable bonds is 4. The van der Waals surface area contributed by atoms with Gasteiger partial charge in [-0.3, -0.25) is 4.79 Å². The molecule has 0 aliphatic rings. The summed E-state index contributed by atoms with van der Waals surface area (Å²) >= 11 is 0. The van der Waals surface area contributed by atoms with Crippen LogP contribution in [0.25, 0.3) is 32.9 Å². The van der Waals surface area contributed by atoms with E-state index in [0.29, 0.717) is 12.1 Å². The summed E-state index contributed by atoms with van der Waals surface area (Å²) in [4.78, 5) is 12.1. The highest BCUT2D eigenvalue weighted by Crippen LogP contribution is 2.35. The monoisotopic (exact) mass is 394 g/mol. The van der Waals surface area contributed by atoms with Crippen molar-refractivity contribution in [1.82, 2.24) is 4.57 Å². The number of primary amides is 1. The van der Waals surface area contributed by atoms with Crippen LogP contribution in [0, 0.1) is 5.82 Å². The van der Waals surface area contributed by atoms with Crippen LogP contribution in [0.1, 0.15) is 15.9 Å². The molecule has 0 atom stereocenters. The molecule has 0 fully saturated rings. The molecule has 5 aromatic rings. The number of aromatic nitrogens is 1. The molecule has 0 saturated carbocycles. The van der Waals surface area contributed by atoms with Crippen molar-refractivity contribution in [3.63, 3.8) is 0 Å². The van der Waals surface area contributed by atoms with Gasteiger partial charge in [0.15, 0.2) is 0 Å². The lowest BCUT2D eigenvalue weighted by molar-refractivity contribution is 0.100. The van der Waals surface area contributed by atoms with Crippen LogP contribution in [0.4, 0.5) is 4.39 Å². The summed E-state index contributed by atoms with van der Waals surface area (Å²) in [7, 11) is 0. The summed E-state index contributed by atoms with van der Waals surface area (Å²) in [6.07, 6.45) is 0. The minimum atomic E-state index is -0.450. The number of hydrogen-bond donors (Lipinski definition) is 1. The van der Waals surface area contributed by atoms with Gasteiger partial charge < -0.3 is 10.3 Å². The molecule has 146 valence electrons. The van der Waals surface area contributed by atoms with Crippen molar-refractivity contribution in [3.8, 4) is 11.1 Å². The largest absolute Gasteiger partial charge is 0.366 e. The first kappa shape index (κ1) is 18.1. The van der Waals surface area contributed by atoms with Crippen molar-refractivity contribution in [2.75, 3.05) is 0 Å². The minimum absolute atomic E-state index is 0.261. The van der Waals surface area contributed by atoms with Gasteiger partial charge in [-0.2, -0.15) is 0 Å². The molecule has 0 spiro atoms. The highest BCUT2D eigenvalue weighted by Gasteiger charge is 2.17. The Balaban J connectivity index is 1.80. The molecule has 0 unspecified atom stereocenters. The van der Waals surface area contributed by atoms with E-state index in [2.05, 4.69) is 28.8 Å². The highest BCUT2D eigenvalue weighted by atomic mass is 19.1. The molecule has 0 aliphatic heterocycles. The zero-order chi connectivity index (χ0) is 20.7. The standard InChI is InChI=1S/C26H19FN2O/c27-20-12-9-17(10-13-20)16-29-23-8-4-7-22(26(28)30)25(23)21-14-11-19(15-24(21)29)18-5-2-1-3-6-18/h1-15H,16H2,(H2,28,30). The number of benzene rings is 4. The maximum absolute atomic E-state index is 13.4. The van der Waals surface area contributed by atoms with Gasteiger partial charge in [0, 0.05) is 22.9 Å². The number of carbonyl (C=O) groups excluding carboxylic acids is 1. The van der Waals surface area contributed by atoms with Gasteiger partial charge in [0.05, 0.1) is 11.0 Å². The van der Waals surface area contributed by atoms with Crippen molar-refractivity contribution in [3.05, 3.63) is 108 Å². The Labute approximate surface area is 173 Å². The molecular weight excluding hydrogens is 375 g/mol. The smallest absolute Gasteiger partial charge is 0.249 e. The van der Waals surface area contributed by atoms with Gasteiger partial charge in [0.25, 0.3) is 0 Å². The predicted octanol–water partition coefficient (Wildman–Crippen LogP) is 5.75.